The molecule has 0 bridgehead atoms. The predicted molar refractivity (Wildman–Crippen MR) is 110 cm³/mol. The van der Waals surface area contributed by atoms with Crippen LogP contribution in [0.15, 0.2) is 24.3 Å². The molecule has 2 rings (SSSR count). The summed E-state index contributed by atoms with van der Waals surface area (Å²) in [6, 6.07) is 6.12. The van der Waals surface area contributed by atoms with Crippen molar-refractivity contribution in [3.63, 3.8) is 0 Å². The largest absolute Gasteiger partial charge is 0.508 e. The summed E-state index contributed by atoms with van der Waals surface area (Å²) in [5.74, 6) is 0.152. The van der Waals surface area contributed by atoms with Gasteiger partial charge in [-0.05, 0) is 24.1 Å². The minimum Gasteiger partial charge on any atom is -0.508 e. The molecule has 1 aromatic carbocycles. The van der Waals surface area contributed by atoms with E-state index < -0.39 is 12.1 Å². The lowest BCUT2D eigenvalue weighted by atomic mass is 10.0. The summed E-state index contributed by atoms with van der Waals surface area (Å²) >= 11 is 0. The maximum Gasteiger partial charge on any atom is 0.220 e. The van der Waals surface area contributed by atoms with Crippen molar-refractivity contribution in [3.8, 4) is 5.75 Å². The van der Waals surface area contributed by atoms with Crippen molar-refractivity contribution in [2.75, 3.05) is 32.8 Å². The molecule has 158 valence electrons. The third-order valence-corrected chi connectivity index (χ3v) is 5.28. The second-order valence-corrected chi connectivity index (χ2v) is 7.64. The van der Waals surface area contributed by atoms with Crippen molar-refractivity contribution in [2.24, 2.45) is 0 Å². The normalized spacial score (nSPS) is 17.2. The van der Waals surface area contributed by atoms with Crippen molar-refractivity contribution in [1.82, 2.24) is 10.2 Å². The highest BCUT2D eigenvalue weighted by Crippen LogP contribution is 2.21. The molecule has 1 heterocycles. The van der Waals surface area contributed by atoms with Crippen LogP contribution < -0.4 is 5.32 Å². The van der Waals surface area contributed by atoms with Gasteiger partial charge in [-0.3, -0.25) is 9.69 Å². The molecule has 6 nitrogen and oxygen atoms in total. The third-order valence-electron chi connectivity index (χ3n) is 5.28. The number of rotatable bonds is 12. The monoisotopic (exact) mass is 392 g/mol. The number of hydrogen-bond acceptors (Lipinski definition) is 5. The highest BCUT2D eigenvalue weighted by atomic mass is 16.5. The standard InChI is InChI=1S/C22H36N2O4/c1-2-3-4-5-6-7-8-21(26)23-20(17-24-13-15-28-16-14-24)22(27)18-9-11-19(25)12-10-18/h9-12,20,22,25,27H,2-8,13-17H2,1H3,(H,23,26). The number of phenols is 1. The van der Waals surface area contributed by atoms with E-state index in [0.29, 0.717) is 31.7 Å². The van der Waals surface area contributed by atoms with E-state index in [1.807, 2.05) is 0 Å². The van der Waals surface area contributed by atoms with E-state index in [2.05, 4.69) is 17.1 Å². The zero-order valence-corrected chi connectivity index (χ0v) is 17.1. The minimum atomic E-state index is -0.822. The number of carbonyl (C=O) groups is 1. The smallest absolute Gasteiger partial charge is 0.220 e. The van der Waals surface area contributed by atoms with Crippen LogP contribution in [0.2, 0.25) is 0 Å². The summed E-state index contributed by atoms with van der Waals surface area (Å²) in [6.45, 7) is 5.72. The molecule has 0 spiro atoms. The van der Waals surface area contributed by atoms with E-state index in [-0.39, 0.29) is 11.7 Å². The highest BCUT2D eigenvalue weighted by molar-refractivity contribution is 5.76. The van der Waals surface area contributed by atoms with Gasteiger partial charge in [0.1, 0.15) is 11.9 Å². The molecule has 1 amide bonds. The number of aliphatic hydroxyl groups is 1. The fraction of sp³-hybridized carbons (Fsp3) is 0.682. The molecular formula is C22H36N2O4. The van der Waals surface area contributed by atoms with Crippen LogP contribution in [0, 0.1) is 0 Å². The lowest BCUT2D eigenvalue weighted by Gasteiger charge is -2.33. The number of morpholine rings is 1. The molecule has 2 atom stereocenters. The van der Waals surface area contributed by atoms with Crippen molar-refractivity contribution in [3.05, 3.63) is 29.8 Å². The number of hydrogen-bond donors (Lipinski definition) is 3. The molecule has 6 heteroatoms. The Morgan fingerprint density at radius 2 is 1.75 bits per heavy atom. The summed E-state index contributed by atoms with van der Waals surface area (Å²) in [6.07, 6.45) is 6.51. The van der Waals surface area contributed by atoms with E-state index in [0.717, 1.165) is 25.9 Å². The molecule has 1 aliphatic rings. The van der Waals surface area contributed by atoms with Crippen LogP contribution in [0.4, 0.5) is 0 Å². The van der Waals surface area contributed by atoms with Crippen LogP contribution >= 0.6 is 0 Å². The summed E-state index contributed by atoms with van der Waals surface area (Å²) in [4.78, 5) is 14.7. The number of carbonyl (C=O) groups excluding carboxylic acids is 1. The van der Waals surface area contributed by atoms with Crippen LogP contribution in [0.1, 0.15) is 63.5 Å². The molecule has 1 aliphatic heterocycles. The molecule has 28 heavy (non-hydrogen) atoms. The fourth-order valence-corrected chi connectivity index (χ4v) is 3.53. The second-order valence-electron chi connectivity index (χ2n) is 7.64. The van der Waals surface area contributed by atoms with Gasteiger partial charge in [-0.25, -0.2) is 0 Å². The number of nitrogens with zero attached hydrogens (tertiary/aromatic N) is 1. The van der Waals surface area contributed by atoms with Crippen molar-refractivity contribution >= 4 is 5.91 Å². The van der Waals surface area contributed by atoms with Gasteiger partial charge < -0.3 is 20.3 Å². The van der Waals surface area contributed by atoms with Gasteiger partial charge in [0.25, 0.3) is 0 Å². The zero-order valence-electron chi connectivity index (χ0n) is 17.1. The molecule has 0 aromatic heterocycles. The van der Waals surface area contributed by atoms with Crippen LogP contribution in [-0.4, -0.2) is 59.9 Å². The van der Waals surface area contributed by atoms with Crippen LogP contribution in [0.5, 0.6) is 5.75 Å². The Hall–Kier alpha value is -1.63. The summed E-state index contributed by atoms with van der Waals surface area (Å²) in [7, 11) is 0. The molecule has 3 N–H and O–H groups in total. The second kappa shape index (κ2) is 12.8. The van der Waals surface area contributed by atoms with Crippen LogP contribution in [0.25, 0.3) is 0 Å². The van der Waals surface area contributed by atoms with E-state index in [9.17, 15) is 15.0 Å². The van der Waals surface area contributed by atoms with E-state index >= 15 is 0 Å². The Labute approximate surface area is 168 Å². The number of aliphatic hydroxyl groups excluding tert-OH is 1. The predicted octanol–water partition coefficient (Wildman–Crippen LogP) is 2.99. The molecule has 0 radical (unpaired) electrons. The minimum absolute atomic E-state index is 0.00780. The van der Waals surface area contributed by atoms with Crippen molar-refractivity contribution < 1.29 is 19.7 Å². The molecule has 1 fully saturated rings. The Balaban J connectivity index is 1.89. The van der Waals surface area contributed by atoms with Crippen LogP contribution in [-0.2, 0) is 9.53 Å². The first-order valence-corrected chi connectivity index (χ1v) is 10.7. The number of nitrogens with one attached hydrogen (secondary N) is 1. The Bertz CT molecular complexity index is 558. The van der Waals surface area contributed by atoms with Gasteiger partial charge in [-0.1, -0.05) is 51.2 Å². The quantitative estimate of drug-likeness (QED) is 0.477. The third kappa shape index (κ3) is 8.17. The molecule has 1 aromatic rings. The molecule has 2 unspecified atom stereocenters. The first-order chi connectivity index (χ1) is 13.6. The summed E-state index contributed by atoms with van der Waals surface area (Å²) < 4.78 is 5.39. The number of amides is 1. The van der Waals surface area contributed by atoms with Gasteiger partial charge in [0.05, 0.1) is 19.3 Å². The average Bonchev–Trinajstić information content (AvgIpc) is 2.71. The highest BCUT2D eigenvalue weighted by Gasteiger charge is 2.26. The van der Waals surface area contributed by atoms with Gasteiger partial charge in [0.15, 0.2) is 0 Å². The van der Waals surface area contributed by atoms with Gasteiger partial charge in [0.2, 0.25) is 5.91 Å². The number of phenolic OH excluding ortho intramolecular Hbond substituents is 1. The van der Waals surface area contributed by atoms with Crippen LogP contribution in [0.3, 0.4) is 0 Å². The lowest BCUT2D eigenvalue weighted by Crippen LogP contribution is -2.49. The summed E-state index contributed by atoms with van der Waals surface area (Å²) in [5.41, 5.74) is 0.691. The SMILES string of the molecule is CCCCCCCCC(=O)NC(CN1CCOCC1)C(O)c1ccc(O)cc1. The zero-order chi connectivity index (χ0) is 20.2. The maximum absolute atomic E-state index is 12.5. The molecular weight excluding hydrogens is 356 g/mol. The number of aromatic hydroxyl groups is 1. The van der Waals surface area contributed by atoms with Gasteiger partial charge in [0, 0.05) is 26.1 Å². The topological polar surface area (TPSA) is 82.0 Å². The van der Waals surface area contributed by atoms with Gasteiger partial charge in [-0.15, -0.1) is 0 Å². The molecule has 0 saturated carbocycles. The fourth-order valence-electron chi connectivity index (χ4n) is 3.53. The summed E-state index contributed by atoms with van der Waals surface area (Å²) in [5, 5.41) is 23.4. The van der Waals surface area contributed by atoms with Gasteiger partial charge in [-0.2, -0.15) is 0 Å². The molecule has 1 saturated heterocycles. The van der Waals surface area contributed by atoms with E-state index in [4.69, 9.17) is 4.74 Å². The number of ether oxygens (including phenoxy) is 1. The van der Waals surface area contributed by atoms with Crippen molar-refractivity contribution in [2.45, 2.75) is 64.0 Å². The van der Waals surface area contributed by atoms with E-state index in [1.165, 1.54) is 25.7 Å². The first kappa shape index (κ1) is 22.7. The van der Waals surface area contributed by atoms with Crippen molar-refractivity contribution in [1.29, 1.82) is 0 Å². The number of unbranched alkanes of at least 4 members (excludes halogenated alkanes) is 5. The first-order valence-electron chi connectivity index (χ1n) is 10.7. The van der Waals surface area contributed by atoms with E-state index in [1.54, 1.807) is 24.3 Å². The Kier molecular flexibility index (Phi) is 10.3. The van der Waals surface area contributed by atoms with Gasteiger partial charge >= 0.3 is 0 Å². The average molecular weight is 393 g/mol. The molecule has 0 aliphatic carbocycles. The number of benzene rings is 1. The lowest BCUT2D eigenvalue weighted by molar-refractivity contribution is -0.123. The maximum atomic E-state index is 12.5. The Morgan fingerprint density at radius 1 is 1.11 bits per heavy atom. The Morgan fingerprint density at radius 3 is 2.43 bits per heavy atom.